The Kier molecular flexibility index (Phi) is 2.22. The monoisotopic (exact) mass is 244 g/mol. The van der Waals surface area contributed by atoms with E-state index in [9.17, 15) is 9.59 Å². The van der Waals surface area contributed by atoms with Crippen LogP contribution in [-0.4, -0.2) is 22.4 Å². The van der Waals surface area contributed by atoms with Crippen LogP contribution in [0.1, 0.15) is 16.1 Å². The van der Waals surface area contributed by atoms with E-state index in [1.165, 1.54) is 6.20 Å². The van der Waals surface area contributed by atoms with Crippen LogP contribution in [0.15, 0.2) is 29.2 Å². The van der Waals surface area contributed by atoms with Gasteiger partial charge in [-0.2, -0.15) is 0 Å². The van der Waals surface area contributed by atoms with Crippen LogP contribution in [0.4, 0.5) is 11.4 Å². The van der Waals surface area contributed by atoms with Crippen LogP contribution in [0.25, 0.3) is 0 Å². The topological polar surface area (TPSA) is 95.0 Å². The number of carbonyl (C=O) groups is 1. The summed E-state index contributed by atoms with van der Waals surface area (Å²) in [4.78, 5) is 29.8. The van der Waals surface area contributed by atoms with Crippen LogP contribution in [0.3, 0.4) is 0 Å². The zero-order valence-electron chi connectivity index (χ0n) is 9.56. The number of carbonyl (C=O) groups excluding carboxylic acids is 1. The standard InChI is InChI=1S/C12H12N4O2/c13-8-3-1-2-7-4-5-16(10(7)8)11(17)9-6-14-12(18)15-9/h1-3,6H,4-5,13H2,(H2,14,15,18). The number of aromatic nitrogens is 2. The van der Waals surface area contributed by atoms with Gasteiger partial charge >= 0.3 is 5.69 Å². The molecule has 0 fully saturated rings. The van der Waals surface area contributed by atoms with Crippen LogP contribution in [-0.2, 0) is 6.42 Å². The molecule has 92 valence electrons. The highest BCUT2D eigenvalue weighted by Gasteiger charge is 2.28. The van der Waals surface area contributed by atoms with Crippen molar-refractivity contribution >= 4 is 17.3 Å². The molecule has 0 saturated carbocycles. The Morgan fingerprint density at radius 1 is 1.39 bits per heavy atom. The fraction of sp³-hybridized carbons (Fsp3) is 0.167. The summed E-state index contributed by atoms with van der Waals surface area (Å²) in [7, 11) is 0. The van der Waals surface area contributed by atoms with Gasteiger partial charge in [-0.05, 0) is 18.1 Å². The van der Waals surface area contributed by atoms with Gasteiger partial charge in [-0.15, -0.1) is 0 Å². The molecule has 1 aliphatic rings. The number of benzene rings is 1. The van der Waals surface area contributed by atoms with Gasteiger partial charge in [0.15, 0.2) is 0 Å². The molecule has 1 aliphatic heterocycles. The Hall–Kier alpha value is -2.50. The molecule has 6 nitrogen and oxygen atoms in total. The van der Waals surface area contributed by atoms with Gasteiger partial charge in [-0.3, -0.25) is 4.79 Å². The summed E-state index contributed by atoms with van der Waals surface area (Å²) in [6.45, 7) is 0.579. The third-order valence-electron chi connectivity index (χ3n) is 3.10. The van der Waals surface area contributed by atoms with Crippen molar-refractivity contribution in [1.29, 1.82) is 0 Å². The van der Waals surface area contributed by atoms with E-state index < -0.39 is 0 Å². The lowest BCUT2D eigenvalue weighted by molar-refractivity contribution is 0.0985. The van der Waals surface area contributed by atoms with Crippen LogP contribution in [0.2, 0.25) is 0 Å². The number of H-pyrrole nitrogens is 2. The normalized spacial score (nSPS) is 13.7. The van der Waals surface area contributed by atoms with Gasteiger partial charge in [0.05, 0.1) is 11.4 Å². The number of fused-ring (bicyclic) bond motifs is 1. The second-order valence-corrected chi connectivity index (χ2v) is 4.22. The van der Waals surface area contributed by atoms with E-state index in [1.807, 2.05) is 12.1 Å². The van der Waals surface area contributed by atoms with Crippen LogP contribution >= 0.6 is 0 Å². The minimum absolute atomic E-state index is 0.245. The van der Waals surface area contributed by atoms with E-state index in [-0.39, 0.29) is 17.3 Å². The number of imidazole rings is 1. The third-order valence-corrected chi connectivity index (χ3v) is 3.10. The lowest BCUT2D eigenvalue weighted by atomic mass is 10.1. The molecule has 2 aromatic rings. The van der Waals surface area contributed by atoms with Gasteiger partial charge in [0.1, 0.15) is 5.69 Å². The van der Waals surface area contributed by atoms with E-state index in [2.05, 4.69) is 9.97 Å². The zero-order chi connectivity index (χ0) is 12.7. The first-order valence-electron chi connectivity index (χ1n) is 5.64. The molecule has 6 heteroatoms. The molecule has 0 aliphatic carbocycles. The fourth-order valence-corrected chi connectivity index (χ4v) is 2.28. The van der Waals surface area contributed by atoms with Gasteiger partial charge in [-0.25, -0.2) is 4.79 Å². The second-order valence-electron chi connectivity index (χ2n) is 4.22. The lowest BCUT2D eigenvalue weighted by Gasteiger charge is -2.17. The number of para-hydroxylation sites is 1. The SMILES string of the molecule is Nc1cccc2c1N(C(=O)c1c[nH]c(=O)[nH]1)CC2. The average molecular weight is 244 g/mol. The third kappa shape index (κ3) is 1.50. The van der Waals surface area contributed by atoms with Crippen molar-refractivity contribution in [2.45, 2.75) is 6.42 Å². The van der Waals surface area contributed by atoms with Crippen LogP contribution < -0.4 is 16.3 Å². The Morgan fingerprint density at radius 3 is 2.94 bits per heavy atom. The summed E-state index contributed by atoms with van der Waals surface area (Å²) in [6.07, 6.45) is 2.16. The van der Waals surface area contributed by atoms with E-state index in [1.54, 1.807) is 11.0 Å². The Bertz CT molecular complexity index is 671. The fourth-order valence-electron chi connectivity index (χ4n) is 2.28. The van der Waals surface area contributed by atoms with Gasteiger partial charge in [0.2, 0.25) is 0 Å². The van der Waals surface area contributed by atoms with E-state index in [4.69, 9.17) is 5.73 Å². The Labute approximate surface area is 102 Å². The minimum Gasteiger partial charge on any atom is -0.397 e. The molecule has 1 aromatic carbocycles. The Morgan fingerprint density at radius 2 is 2.22 bits per heavy atom. The van der Waals surface area contributed by atoms with Crippen molar-refractivity contribution in [3.63, 3.8) is 0 Å². The maximum Gasteiger partial charge on any atom is 0.323 e. The molecular weight excluding hydrogens is 232 g/mol. The number of nitrogen functional groups attached to an aromatic ring is 1. The van der Waals surface area contributed by atoms with Crippen molar-refractivity contribution in [3.05, 3.63) is 46.1 Å². The summed E-state index contributed by atoms with van der Waals surface area (Å²) in [5.74, 6) is -0.245. The number of rotatable bonds is 1. The quantitative estimate of drug-likeness (QED) is 0.637. The predicted octanol–water partition coefficient (Wildman–Crippen LogP) is 0.488. The van der Waals surface area contributed by atoms with Gasteiger partial charge in [0, 0.05) is 12.7 Å². The van der Waals surface area contributed by atoms with Crippen molar-refractivity contribution in [2.24, 2.45) is 0 Å². The molecule has 18 heavy (non-hydrogen) atoms. The first-order chi connectivity index (χ1) is 8.66. The minimum atomic E-state index is -0.390. The molecule has 0 bridgehead atoms. The molecule has 1 aromatic heterocycles. The van der Waals surface area contributed by atoms with Crippen molar-refractivity contribution in [2.75, 3.05) is 17.2 Å². The summed E-state index contributed by atoms with van der Waals surface area (Å²) in [6, 6.07) is 5.60. The van der Waals surface area contributed by atoms with Crippen molar-refractivity contribution in [3.8, 4) is 0 Å². The van der Waals surface area contributed by atoms with Crippen LogP contribution in [0.5, 0.6) is 0 Å². The maximum absolute atomic E-state index is 12.3. The Balaban J connectivity index is 2.02. The number of hydrogen-bond acceptors (Lipinski definition) is 3. The summed E-state index contributed by atoms with van der Waals surface area (Å²) < 4.78 is 0. The highest BCUT2D eigenvalue weighted by atomic mass is 16.2. The molecule has 0 radical (unpaired) electrons. The molecule has 1 amide bonds. The van der Waals surface area contributed by atoms with E-state index >= 15 is 0 Å². The number of nitrogens with two attached hydrogens (primary N) is 1. The molecule has 3 rings (SSSR count). The second kappa shape index (κ2) is 3.76. The average Bonchev–Trinajstić information content (AvgIpc) is 2.95. The highest BCUT2D eigenvalue weighted by molar-refractivity contribution is 6.07. The molecule has 0 atom stereocenters. The van der Waals surface area contributed by atoms with Gasteiger partial charge in [-0.1, -0.05) is 12.1 Å². The maximum atomic E-state index is 12.3. The number of hydrogen-bond donors (Lipinski definition) is 3. The predicted molar refractivity (Wildman–Crippen MR) is 67.6 cm³/mol. The number of aromatic amines is 2. The van der Waals surface area contributed by atoms with Crippen molar-refractivity contribution in [1.82, 2.24) is 9.97 Å². The first-order valence-corrected chi connectivity index (χ1v) is 5.64. The van der Waals surface area contributed by atoms with Crippen molar-refractivity contribution < 1.29 is 4.79 Å². The molecule has 0 spiro atoms. The summed E-state index contributed by atoms with van der Waals surface area (Å²) in [5.41, 5.74) is 8.16. The van der Waals surface area contributed by atoms with Gasteiger partial charge < -0.3 is 20.6 Å². The van der Waals surface area contributed by atoms with Gasteiger partial charge in [0.25, 0.3) is 5.91 Å². The zero-order valence-corrected chi connectivity index (χ0v) is 9.56. The summed E-state index contributed by atoms with van der Waals surface area (Å²) >= 11 is 0. The number of anilines is 2. The smallest absolute Gasteiger partial charge is 0.323 e. The van der Waals surface area contributed by atoms with E-state index in [0.717, 1.165) is 17.7 Å². The van der Waals surface area contributed by atoms with Crippen LogP contribution in [0, 0.1) is 0 Å². The number of amides is 1. The molecule has 0 unspecified atom stereocenters. The molecule has 0 saturated heterocycles. The molecule has 2 heterocycles. The summed E-state index contributed by atoms with van der Waals surface area (Å²) in [5, 5.41) is 0. The largest absolute Gasteiger partial charge is 0.397 e. The number of nitrogens with one attached hydrogen (secondary N) is 2. The first kappa shape index (κ1) is 10.6. The number of nitrogens with zero attached hydrogens (tertiary/aromatic N) is 1. The highest BCUT2D eigenvalue weighted by Crippen LogP contribution is 2.34. The molecule has 4 N–H and O–H groups in total. The lowest BCUT2D eigenvalue weighted by Crippen LogP contribution is -2.30. The van der Waals surface area contributed by atoms with E-state index in [0.29, 0.717) is 12.2 Å². The molecular formula is C12H12N4O2.